The van der Waals surface area contributed by atoms with Gasteiger partial charge in [-0.05, 0) is 0 Å². The average Bonchev–Trinajstić information content (AvgIpc) is 2.27. The van der Waals surface area contributed by atoms with E-state index in [2.05, 4.69) is 19.5 Å². The second kappa shape index (κ2) is 7.63. The van der Waals surface area contributed by atoms with E-state index in [1.165, 1.54) is 14.2 Å². The lowest BCUT2D eigenvalue weighted by molar-refractivity contribution is -0.151. The molecule has 0 aliphatic heterocycles. The fourth-order valence-corrected chi connectivity index (χ4v) is 0.953. The fourth-order valence-electron chi connectivity index (χ4n) is 0.953. The van der Waals surface area contributed by atoms with Crippen LogP contribution in [0.3, 0.4) is 0 Å². The molecule has 0 unspecified atom stereocenters. The third-order valence-corrected chi connectivity index (χ3v) is 1.69. The van der Waals surface area contributed by atoms with E-state index in [0.29, 0.717) is 0 Å². The molecule has 0 fully saturated rings. The number of carbonyl (C=O) groups is 3. The van der Waals surface area contributed by atoms with Crippen LogP contribution in [0.1, 0.15) is 6.42 Å². The number of methoxy groups -OCH3 is 3. The molecule has 16 heavy (non-hydrogen) atoms. The van der Waals surface area contributed by atoms with E-state index in [1.54, 1.807) is 0 Å². The van der Waals surface area contributed by atoms with Gasteiger partial charge in [-0.15, -0.1) is 0 Å². The van der Waals surface area contributed by atoms with Crippen LogP contribution in [0.25, 0.3) is 0 Å². The highest BCUT2D eigenvalue weighted by Gasteiger charge is 2.24. The van der Waals surface area contributed by atoms with Gasteiger partial charge in [0, 0.05) is 7.11 Å². The van der Waals surface area contributed by atoms with Gasteiger partial charge in [0.15, 0.2) is 0 Å². The Morgan fingerprint density at radius 3 is 2.19 bits per heavy atom. The quantitative estimate of drug-likeness (QED) is 0.583. The number of esters is 2. The smallest absolute Gasteiger partial charge is 0.328 e. The summed E-state index contributed by atoms with van der Waals surface area (Å²) in [5.74, 6) is -1.84. The van der Waals surface area contributed by atoms with Crippen LogP contribution in [0, 0.1) is 0 Å². The van der Waals surface area contributed by atoms with E-state index in [9.17, 15) is 14.4 Å². The number of carbonyl (C=O) groups excluding carboxylic acids is 3. The van der Waals surface area contributed by atoms with Gasteiger partial charge in [-0.1, -0.05) is 0 Å². The first-order valence-corrected chi connectivity index (χ1v) is 4.48. The molecule has 7 heteroatoms. The van der Waals surface area contributed by atoms with Crippen molar-refractivity contribution in [3.8, 4) is 0 Å². The van der Waals surface area contributed by atoms with Crippen LogP contribution in [-0.4, -0.2) is 51.8 Å². The van der Waals surface area contributed by atoms with Crippen LogP contribution in [0.15, 0.2) is 0 Å². The molecule has 0 aromatic carbocycles. The van der Waals surface area contributed by atoms with Crippen molar-refractivity contribution in [2.75, 3.05) is 27.9 Å². The van der Waals surface area contributed by atoms with Crippen molar-refractivity contribution >= 4 is 17.8 Å². The van der Waals surface area contributed by atoms with Crippen molar-refractivity contribution in [3.63, 3.8) is 0 Å². The van der Waals surface area contributed by atoms with Gasteiger partial charge in [-0.3, -0.25) is 9.59 Å². The Balaban J connectivity index is 4.37. The molecule has 7 nitrogen and oxygen atoms in total. The maximum atomic E-state index is 11.2. The molecule has 92 valence electrons. The predicted molar refractivity (Wildman–Crippen MR) is 52.5 cm³/mol. The summed E-state index contributed by atoms with van der Waals surface area (Å²) in [6.07, 6.45) is -0.279. The van der Waals surface area contributed by atoms with Gasteiger partial charge in [-0.2, -0.15) is 0 Å². The minimum Gasteiger partial charge on any atom is -0.469 e. The van der Waals surface area contributed by atoms with Gasteiger partial charge in [0.2, 0.25) is 5.91 Å². The number of hydrogen-bond donors (Lipinski definition) is 1. The number of rotatable bonds is 6. The molecule has 0 aromatic heterocycles. The van der Waals surface area contributed by atoms with Crippen LogP contribution in [0.4, 0.5) is 0 Å². The zero-order valence-corrected chi connectivity index (χ0v) is 9.44. The number of nitrogens with one attached hydrogen (secondary N) is 1. The molecule has 0 aliphatic rings. The molecule has 1 amide bonds. The number of ether oxygens (including phenoxy) is 3. The van der Waals surface area contributed by atoms with Crippen molar-refractivity contribution in [2.24, 2.45) is 0 Å². The van der Waals surface area contributed by atoms with Crippen molar-refractivity contribution in [1.29, 1.82) is 0 Å². The maximum absolute atomic E-state index is 11.2. The lowest BCUT2D eigenvalue weighted by Gasteiger charge is -2.14. The third kappa shape index (κ3) is 5.30. The Morgan fingerprint density at radius 1 is 1.12 bits per heavy atom. The zero-order valence-electron chi connectivity index (χ0n) is 9.44. The molecule has 1 N–H and O–H groups in total. The van der Waals surface area contributed by atoms with Gasteiger partial charge in [0.25, 0.3) is 0 Å². The normalized spacial score (nSPS) is 11.4. The molecular formula is C9H15NO6. The van der Waals surface area contributed by atoms with Gasteiger partial charge in [0.1, 0.15) is 12.6 Å². The van der Waals surface area contributed by atoms with Crippen molar-refractivity contribution in [3.05, 3.63) is 0 Å². The average molecular weight is 233 g/mol. The molecule has 0 bridgehead atoms. The molecule has 0 aliphatic carbocycles. The topological polar surface area (TPSA) is 90.9 Å². The highest BCUT2D eigenvalue weighted by atomic mass is 16.5. The number of amides is 1. The maximum Gasteiger partial charge on any atom is 0.328 e. The Bertz CT molecular complexity index is 265. The molecule has 0 rings (SSSR count). The lowest BCUT2D eigenvalue weighted by Crippen LogP contribution is -2.44. The third-order valence-electron chi connectivity index (χ3n) is 1.69. The molecule has 0 radical (unpaired) electrons. The van der Waals surface area contributed by atoms with Crippen LogP contribution in [0.2, 0.25) is 0 Å². The van der Waals surface area contributed by atoms with E-state index in [4.69, 9.17) is 0 Å². The molecule has 0 spiro atoms. The van der Waals surface area contributed by atoms with E-state index in [0.717, 1.165) is 7.11 Å². The van der Waals surface area contributed by atoms with E-state index in [1.807, 2.05) is 0 Å². The number of hydrogen-bond acceptors (Lipinski definition) is 6. The summed E-state index contributed by atoms with van der Waals surface area (Å²) in [6.45, 7) is -0.200. The molecule has 1 atom stereocenters. The van der Waals surface area contributed by atoms with Crippen molar-refractivity contribution in [1.82, 2.24) is 5.32 Å². The Kier molecular flexibility index (Phi) is 6.86. The first-order chi connectivity index (χ1) is 7.54. The van der Waals surface area contributed by atoms with Crippen molar-refractivity contribution < 1.29 is 28.6 Å². The standard InChI is InChI=1S/C9H15NO6/c1-14-5-7(11)10-6(9(13)16-3)4-8(12)15-2/h6H,4-5H2,1-3H3,(H,10,11)/t6-/m1/s1. The van der Waals surface area contributed by atoms with Crippen LogP contribution in [0.5, 0.6) is 0 Å². The Hall–Kier alpha value is -1.63. The first-order valence-electron chi connectivity index (χ1n) is 4.48. The summed E-state index contributed by atoms with van der Waals surface area (Å²) in [5, 5.41) is 2.29. The second-order valence-electron chi connectivity index (χ2n) is 2.86. The van der Waals surface area contributed by atoms with Gasteiger partial charge >= 0.3 is 11.9 Å². The summed E-state index contributed by atoms with van der Waals surface area (Å²) in [7, 11) is 3.69. The van der Waals surface area contributed by atoms with Crippen LogP contribution >= 0.6 is 0 Å². The molecule has 0 saturated carbocycles. The van der Waals surface area contributed by atoms with Gasteiger partial charge in [-0.25, -0.2) is 4.79 Å². The highest BCUT2D eigenvalue weighted by Crippen LogP contribution is 1.97. The predicted octanol–water partition coefficient (Wildman–Crippen LogP) is -1.15. The summed E-state index contributed by atoms with van der Waals surface area (Å²) in [6, 6.07) is -1.06. The molecule has 0 aromatic rings. The Morgan fingerprint density at radius 2 is 1.75 bits per heavy atom. The Labute approximate surface area is 93.0 Å². The largest absolute Gasteiger partial charge is 0.469 e. The SMILES string of the molecule is COCC(=O)N[C@H](CC(=O)OC)C(=O)OC. The summed E-state index contributed by atoms with van der Waals surface area (Å²) >= 11 is 0. The summed E-state index contributed by atoms with van der Waals surface area (Å²) < 4.78 is 13.4. The van der Waals surface area contributed by atoms with E-state index < -0.39 is 23.9 Å². The fraction of sp³-hybridized carbons (Fsp3) is 0.667. The van der Waals surface area contributed by atoms with Crippen LogP contribution in [-0.2, 0) is 28.6 Å². The molecule has 0 saturated heterocycles. The molecular weight excluding hydrogens is 218 g/mol. The first kappa shape index (κ1) is 14.4. The van der Waals surface area contributed by atoms with Crippen LogP contribution < -0.4 is 5.32 Å². The van der Waals surface area contributed by atoms with Gasteiger partial charge in [0.05, 0.1) is 20.6 Å². The van der Waals surface area contributed by atoms with Gasteiger partial charge < -0.3 is 19.5 Å². The minimum absolute atomic E-state index is 0.200. The zero-order chi connectivity index (χ0) is 12.6. The monoisotopic (exact) mass is 233 g/mol. The highest BCUT2D eigenvalue weighted by molar-refractivity contribution is 5.88. The lowest BCUT2D eigenvalue weighted by atomic mass is 10.2. The van der Waals surface area contributed by atoms with E-state index >= 15 is 0 Å². The summed E-state index contributed by atoms with van der Waals surface area (Å²) in [5.41, 5.74) is 0. The second-order valence-corrected chi connectivity index (χ2v) is 2.86. The minimum atomic E-state index is -1.06. The van der Waals surface area contributed by atoms with Crippen molar-refractivity contribution in [2.45, 2.75) is 12.5 Å². The molecule has 0 heterocycles. The van der Waals surface area contributed by atoms with E-state index in [-0.39, 0.29) is 13.0 Å². The summed E-state index contributed by atoms with van der Waals surface area (Å²) in [4.78, 5) is 33.3.